The van der Waals surface area contributed by atoms with Gasteiger partial charge in [0.1, 0.15) is 5.02 Å². The molecule has 1 aliphatic heterocycles. The van der Waals surface area contributed by atoms with Crippen molar-refractivity contribution in [2.75, 3.05) is 31.1 Å². The smallest absolute Gasteiger partial charge is 0.224 e. The summed E-state index contributed by atoms with van der Waals surface area (Å²) in [6.45, 7) is 4.71. The molecule has 4 nitrogen and oxygen atoms in total. The highest BCUT2D eigenvalue weighted by molar-refractivity contribution is 6.33. The summed E-state index contributed by atoms with van der Waals surface area (Å²) < 4.78 is 0. The second kappa shape index (κ2) is 6.60. The largest absolute Gasteiger partial charge is 0.353 e. The third-order valence-corrected chi connectivity index (χ3v) is 4.07. The number of halogens is 2. The number of rotatable bonds is 3. The van der Waals surface area contributed by atoms with Crippen molar-refractivity contribution in [2.24, 2.45) is 0 Å². The normalized spacial score (nSPS) is 16.2. The first-order valence-corrected chi connectivity index (χ1v) is 7.67. The van der Waals surface area contributed by atoms with Crippen molar-refractivity contribution in [1.82, 2.24) is 14.9 Å². The van der Waals surface area contributed by atoms with Crippen molar-refractivity contribution in [3.05, 3.63) is 52.4 Å². The lowest BCUT2D eigenvalue weighted by Crippen LogP contribution is -2.46. The van der Waals surface area contributed by atoms with Crippen LogP contribution in [0, 0.1) is 0 Å². The summed E-state index contributed by atoms with van der Waals surface area (Å²) in [6.07, 6.45) is 1.56. The summed E-state index contributed by atoms with van der Waals surface area (Å²) in [7, 11) is 0. The molecule has 0 radical (unpaired) electrons. The Bertz CT molecular complexity index is 598. The van der Waals surface area contributed by atoms with Gasteiger partial charge in [0.05, 0.1) is 6.20 Å². The average molecular weight is 323 g/mol. The molecule has 0 N–H and O–H groups in total. The van der Waals surface area contributed by atoms with Crippen LogP contribution in [0.25, 0.3) is 0 Å². The Morgan fingerprint density at radius 3 is 2.43 bits per heavy atom. The van der Waals surface area contributed by atoms with Crippen molar-refractivity contribution in [3.63, 3.8) is 0 Å². The predicted molar refractivity (Wildman–Crippen MR) is 86.0 cm³/mol. The molecule has 6 heteroatoms. The van der Waals surface area contributed by atoms with Crippen molar-refractivity contribution in [2.45, 2.75) is 6.54 Å². The third kappa shape index (κ3) is 3.64. The fourth-order valence-electron chi connectivity index (χ4n) is 2.52. The van der Waals surface area contributed by atoms with Gasteiger partial charge in [-0.05, 0) is 17.2 Å². The monoisotopic (exact) mass is 322 g/mol. The molecule has 2 heterocycles. The van der Waals surface area contributed by atoms with Crippen molar-refractivity contribution in [1.29, 1.82) is 0 Å². The SMILES string of the molecule is Clc1ncc(Cl)c(N2CCN(Cc3ccccc3)CC2)n1. The number of piperazine rings is 1. The first-order valence-electron chi connectivity index (χ1n) is 6.91. The Morgan fingerprint density at radius 2 is 1.71 bits per heavy atom. The maximum absolute atomic E-state index is 6.16. The van der Waals surface area contributed by atoms with E-state index in [0.29, 0.717) is 5.02 Å². The molecule has 0 bridgehead atoms. The molecule has 1 aliphatic rings. The van der Waals surface area contributed by atoms with Crippen LogP contribution in [0.2, 0.25) is 10.3 Å². The third-order valence-electron chi connectivity index (χ3n) is 3.62. The lowest BCUT2D eigenvalue weighted by Gasteiger charge is -2.35. The fourth-order valence-corrected chi connectivity index (χ4v) is 2.86. The molecule has 1 saturated heterocycles. The Morgan fingerprint density at radius 1 is 1.00 bits per heavy atom. The van der Waals surface area contributed by atoms with Crippen LogP contribution in [0.5, 0.6) is 0 Å². The zero-order chi connectivity index (χ0) is 14.7. The van der Waals surface area contributed by atoms with Crippen molar-refractivity contribution in [3.8, 4) is 0 Å². The molecule has 2 aromatic rings. The maximum Gasteiger partial charge on any atom is 0.224 e. The quantitative estimate of drug-likeness (QED) is 0.813. The van der Waals surface area contributed by atoms with Crippen LogP contribution in [-0.2, 0) is 6.54 Å². The minimum atomic E-state index is 0.237. The van der Waals surface area contributed by atoms with E-state index in [9.17, 15) is 0 Å². The summed E-state index contributed by atoms with van der Waals surface area (Å²) in [4.78, 5) is 12.7. The summed E-state index contributed by atoms with van der Waals surface area (Å²) >= 11 is 12.0. The van der Waals surface area contributed by atoms with Gasteiger partial charge in [-0.25, -0.2) is 4.98 Å². The van der Waals surface area contributed by atoms with Gasteiger partial charge in [-0.15, -0.1) is 0 Å². The van der Waals surface area contributed by atoms with Gasteiger partial charge in [-0.3, -0.25) is 4.90 Å². The van der Waals surface area contributed by atoms with Crippen LogP contribution in [0.4, 0.5) is 5.82 Å². The highest BCUT2D eigenvalue weighted by Gasteiger charge is 2.20. The van der Waals surface area contributed by atoms with Gasteiger partial charge >= 0.3 is 0 Å². The molecular weight excluding hydrogens is 307 g/mol. The average Bonchev–Trinajstić information content (AvgIpc) is 2.52. The second-order valence-corrected chi connectivity index (χ2v) is 5.80. The zero-order valence-electron chi connectivity index (χ0n) is 11.5. The standard InChI is InChI=1S/C15H16Cl2N4/c16-13-10-18-15(17)19-14(13)21-8-6-20(7-9-21)11-12-4-2-1-3-5-12/h1-5,10H,6-9,11H2. The molecular formula is C15H16Cl2N4. The number of nitrogens with zero attached hydrogens (tertiary/aromatic N) is 4. The van der Waals surface area contributed by atoms with E-state index in [1.54, 1.807) is 6.20 Å². The Kier molecular flexibility index (Phi) is 4.58. The molecule has 0 amide bonds. The number of aromatic nitrogens is 2. The van der Waals surface area contributed by atoms with Gasteiger partial charge in [0.2, 0.25) is 5.28 Å². The van der Waals surface area contributed by atoms with E-state index in [1.807, 2.05) is 6.07 Å². The molecule has 1 aromatic carbocycles. The highest BCUT2D eigenvalue weighted by atomic mass is 35.5. The van der Waals surface area contributed by atoms with E-state index in [0.717, 1.165) is 38.5 Å². The van der Waals surface area contributed by atoms with Crippen LogP contribution in [0.3, 0.4) is 0 Å². The van der Waals surface area contributed by atoms with E-state index in [2.05, 4.69) is 44.0 Å². The van der Waals surface area contributed by atoms with Crippen LogP contribution >= 0.6 is 23.2 Å². The van der Waals surface area contributed by atoms with E-state index >= 15 is 0 Å². The number of hydrogen-bond acceptors (Lipinski definition) is 4. The highest BCUT2D eigenvalue weighted by Crippen LogP contribution is 2.25. The minimum Gasteiger partial charge on any atom is -0.353 e. The summed E-state index contributed by atoms with van der Waals surface area (Å²) in [5.41, 5.74) is 1.34. The van der Waals surface area contributed by atoms with Gasteiger partial charge in [-0.2, -0.15) is 4.98 Å². The van der Waals surface area contributed by atoms with E-state index in [-0.39, 0.29) is 5.28 Å². The molecule has 0 aliphatic carbocycles. The molecule has 110 valence electrons. The Balaban J connectivity index is 1.61. The van der Waals surface area contributed by atoms with Crippen LogP contribution in [0.1, 0.15) is 5.56 Å². The maximum atomic E-state index is 6.16. The minimum absolute atomic E-state index is 0.237. The summed E-state index contributed by atoms with van der Waals surface area (Å²) in [5, 5.41) is 0.789. The second-order valence-electron chi connectivity index (χ2n) is 5.06. The lowest BCUT2D eigenvalue weighted by molar-refractivity contribution is 0.249. The Labute approximate surface area is 134 Å². The number of benzene rings is 1. The number of anilines is 1. The van der Waals surface area contributed by atoms with Crippen LogP contribution < -0.4 is 4.90 Å². The topological polar surface area (TPSA) is 32.3 Å². The summed E-state index contributed by atoms with van der Waals surface area (Å²) in [5.74, 6) is 0.732. The molecule has 3 rings (SSSR count). The molecule has 0 atom stereocenters. The number of hydrogen-bond donors (Lipinski definition) is 0. The first-order chi connectivity index (χ1) is 10.2. The predicted octanol–water partition coefficient (Wildman–Crippen LogP) is 3.11. The van der Waals surface area contributed by atoms with Crippen molar-refractivity contribution < 1.29 is 0 Å². The summed E-state index contributed by atoms with van der Waals surface area (Å²) in [6, 6.07) is 10.5. The zero-order valence-corrected chi connectivity index (χ0v) is 13.1. The van der Waals surface area contributed by atoms with Gasteiger partial charge < -0.3 is 4.90 Å². The lowest BCUT2D eigenvalue weighted by atomic mass is 10.2. The van der Waals surface area contributed by atoms with Gasteiger partial charge in [0.15, 0.2) is 5.82 Å². The molecule has 21 heavy (non-hydrogen) atoms. The van der Waals surface area contributed by atoms with Gasteiger partial charge in [-0.1, -0.05) is 41.9 Å². The molecule has 0 saturated carbocycles. The van der Waals surface area contributed by atoms with Gasteiger partial charge in [0, 0.05) is 32.7 Å². The van der Waals surface area contributed by atoms with E-state index in [1.165, 1.54) is 5.56 Å². The van der Waals surface area contributed by atoms with Crippen LogP contribution in [0.15, 0.2) is 36.5 Å². The van der Waals surface area contributed by atoms with Crippen molar-refractivity contribution >= 4 is 29.0 Å². The van der Waals surface area contributed by atoms with E-state index < -0.39 is 0 Å². The Hall–Kier alpha value is -1.36. The van der Waals surface area contributed by atoms with E-state index in [4.69, 9.17) is 23.2 Å². The molecule has 0 unspecified atom stereocenters. The first kappa shape index (κ1) is 14.6. The molecule has 1 fully saturated rings. The molecule has 1 aromatic heterocycles. The fraction of sp³-hybridized carbons (Fsp3) is 0.333. The van der Waals surface area contributed by atoms with Crippen LogP contribution in [-0.4, -0.2) is 41.0 Å². The van der Waals surface area contributed by atoms with Gasteiger partial charge in [0.25, 0.3) is 0 Å². The molecule has 0 spiro atoms.